The van der Waals surface area contributed by atoms with Gasteiger partial charge in [0.1, 0.15) is 23.7 Å². The van der Waals surface area contributed by atoms with Crippen LogP contribution in [0.15, 0.2) is 58.1 Å². The molecule has 0 aliphatic heterocycles. The van der Waals surface area contributed by atoms with Crippen molar-refractivity contribution in [3.05, 3.63) is 80.5 Å². The fourth-order valence-corrected chi connectivity index (χ4v) is 3.92. The lowest BCUT2D eigenvalue weighted by atomic mass is 10.1. The summed E-state index contributed by atoms with van der Waals surface area (Å²) in [6.45, 7) is 8.08. The smallest absolute Gasteiger partial charge is 0.327 e. The number of hydrogen-bond donors (Lipinski definition) is 3. The number of aromatic amines is 3. The normalized spacial score (nSPS) is 11.4. The molecule has 0 saturated heterocycles. The summed E-state index contributed by atoms with van der Waals surface area (Å²) in [6, 6.07) is 16.0. The number of aromatic nitrogens is 4. The molecule has 0 bridgehead atoms. The molecule has 172 valence electrons. The molecule has 4 rings (SSSR count). The van der Waals surface area contributed by atoms with E-state index in [1.54, 1.807) is 0 Å². The molecule has 4 aromatic rings. The average molecular weight is 448 g/mol. The lowest BCUT2D eigenvalue weighted by Crippen LogP contribution is -2.24. The highest BCUT2D eigenvalue weighted by molar-refractivity contribution is 5.74. The molecule has 2 aromatic heterocycles. The van der Waals surface area contributed by atoms with Gasteiger partial charge in [0, 0.05) is 12.1 Å². The van der Waals surface area contributed by atoms with Crippen molar-refractivity contribution in [2.45, 2.75) is 39.8 Å². The Balaban J connectivity index is 1.41. The average Bonchev–Trinajstić information content (AvgIpc) is 3.23. The van der Waals surface area contributed by atoms with Crippen LogP contribution in [0.1, 0.15) is 37.8 Å². The molecule has 0 radical (unpaired) electrons. The second-order valence-electron chi connectivity index (χ2n) is 8.13. The first kappa shape index (κ1) is 22.5. The van der Waals surface area contributed by atoms with E-state index < -0.39 is 11.2 Å². The zero-order valence-corrected chi connectivity index (χ0v) is 19.0. The third-order valence-corrected chi connectivity index (χ3v) is 5.40. The number of fused-ring (bicyclic) bond motifs is 1. The van der Waals surface area contributed by atoms with Gasteiger partial charge in [-0.25, -0.2) is 9.78 Å². The second kappa shape index (κ2) is 10.3. The van der Waals surface area contributed by atoms with E-state index in [-0.39, 0.29) is 11.2 Å². The van der Waals surface area contributed by atoms with E-state index in [2.05, 4.69) is 62.9 Å². The van der Waals surface area contributed by atoms with E-state index >= 15 is 0 Å². The summed E-state index contributed by atoms with van der Waals surface area (Å²) < 4.78 is 5.98. The standard InChI is InChI=1S/C25H29N5O3/c1-3-12-30(13-4-2)15-17-6-5-7-18(14-17)16-33-20-10-8-19(9-11-20)22-26-21-23(27-22)28-25(32)29-24(21)31/h5-11,14H,3-4,12-13,15-16H2,1-2H3,(H3,26,27,28,29,31,32). The fraction of sp³-hybridized carbons (Fsp3) is 0.320. The quantitative estimate of drug-likeness (QED) is 0.343. The number of hydrogen-bond acceptors (Lipinski definition) is 5. The van der Waals surface area contributed by atoms with E-state index in [4.69, 9.17) is 4.74 Å². The van der Waals surface area contributed by atoms with Crippen LogP contribution in [0.25, 0.3) is 22.6 Å². The van der Waals surface area contributed by atoms with Crippen LogP contribution in [0.5, 0.6) is 5.75 Å². The largest absolute Gasteiger partial charge is 0.489 e. The van der Waals surface area contributed by atoms with Crippen LogP contribution in [-0.4, -0.2) is 37.9 Å². The van der Waals surface area contributed by atoms with Gasteiger partial charge in [-0.05, 0) is 61.3 Å². The highest BCUT2D eigenvalue weighted by atomic mass is 16.5. The van der Waals surface area contributed by atoms with Gasteiger partial charge in [0.2, 0.25) is 0 Å². The first-order valence-electron chi connectivity index (χ1n) is 11.3. The minimum Gasteiger partial charge on any atom is -0.489 e. The van der Waals surface area contributed by atoms with Crippen molar-refractivity contribution in [3.8, 4) is 17.1 Å². The van der Waals surface area contributed by atoms with Gasteiger partial charge in [-0.1, -0.05) is 38.1 Å². The topological polar surface area (TPSA) is 107 Å². The minimum atomic E-state index is -0.582. The van der Waals surface area contributed by atoms with E-state index in [9.17, 15) is 9.59 Å². The minimum absolute atomic E-state index is 0.232. The summed E-state index contributed by atoms with van der Waals surface area (Å²) in [4.78, 5) is 37.8. The maximum absolute atomic E-state index is 11.9. The third kappa shape index (κ3) is 5.59. The fourth-order valence-electron chi connectivity index (χ4n) is 3.92. The van der Waals surface area contributed by atoms with Crippen molar-refractivity contribution in [2.24, 2.45) is 0 Å². The summed E-state index contributed by atoms with van der Waals surface area (Å²) in [5.74, 6) is 1.24. The molecule has 33 heavy (non-hydrogen) atoms. The van der Waals surface area contributed by atoms with Crippen molar-refractivity contribution < 1.29 is 4.74 Å². The Morgan fingerprint density at radius 3 is 2.36 bits per heavy atom. The number of rotatable bonds is 10. The highest BCUT2D eigenvalue weighted by Crippen LogP contribution is 2.22. The van der Waals surface area contributed by atoms with E-state index in [0.29, 0.717) is 12.4 Å². The summed E-state index contributed by atoms with van der Waals surface area (Å²) in [6.07, 6.45) is 2.31. The molecule has 8 nitrogen and oxygen atoms in total. The van der Waals surface area contributed by atoms with Gasteiger partial charge in [0.15, 0.2) is 5.65 Å². The summed E-state index contributed by atoms with van der Waals surface area (Å²) in [5.41, 5.74) is 2.60. The lowest BCUT2D eigenvalue weighted by molar-refractivity contribution is 0.266. The number of H-pyrrole nitrogens is 3. The first-order valence-corrected chi connectivity index (χ1v) is 11.3. The van der Waals surface area contributed by atoms with Gasteiger partial charge in [-0.3, -0.25) is 19.7 Å². The van der Waals surface area contributed by atoms with Crippen molar-refractivity contribution in [1.29, 1.82) is 0 Å². The Morgan fingerprint density at radius 2 is 1.64 bits per heavy atom. The molecule has 0 unspecified atom stereocenters. The van der Waals surface area contributed by atoms with Gasteiger partial charge in [0.05, 0.1) is 0 Å². The second-order valence-corrected chi connectivity index (χ2v) is 8.13. The van der Waals surface area contributed by atoms with Crippen LogP contribution in [0.4, 0.5) is 0 Å². The van der Waals surface area contributed by atoms with Crippen LogP contribution in [-0.2, 0) is 13.2 Å². The number of ether oxygens (including phenoxy) is 1. The summed E-state index contributed by atoms with van der Waals surface area (Å²) >= 11 is 0. The summed E-state index contributed by atoms with van der Waals surface area (Å²) in [5, 5.41) is 0. The Kier molecular flexibility index (Phi) is 7.04. The maximum atomic E-state index is 11.9. The number of nitrogens with zero attached hydrogens (tertiary/aromatic N) is 2. The van der Waals surface area contributed by atoms with Crippen LogP contribution in [0.2, 0.25) is 0 Å². The van der Waals surface area contributed by atoms with Gasteiger partial charge in [0.25, 0.3) is 5.56 Å². The zero-order valence-electron chi connectivity index (χ0n) is 19.0. The molecule has 3 N–H and O–H groups in total. The van der Waals surface area contributed by atoms with Crippen LogP contribution >= 0.6 is 0 Å². The molecule has 0 atom stereocenters. The number of nitrogens with one attached hydrogen (secondary N) is 3. The SMILES string of the molecule is CCCN(CCC)Cc1cccc(COc2ccc(-c3nc4[nH]c(=O)[nH]c(=O)c4[nH]3)cc2)c1. The third-order valence-electron chi connectivity index (χ3n) is 5.40. The van der Waals surface area contributed by atoms with E-state index in [1.165, 1.54) is 5.56 Å². The maximum Gasteiger partial charge on any atom is 0.327 e. The molecule has 2 heterocycles. The Hall–Kier alpha value is -3.65. The molecular formula is C25H29N5O3. The molecule has 0 saturated carbocycles. The molecule has 0 amide bonds. The molecule has 2 aromatic carbocycles. The van der Waals surface area contributed by atoms with Crippen molar-refractivity contribution in [2.75, 3.05) is 13.1 Å². The Labute approximate surface area is 191 Å². The predicted octanol–water partition coefficient (Wildman–Crippen LogP) is 3.81. The van der Waals surface area contributed by atoms with Gasteiger partial charge < -0.3 is 9.72 Å². The number of imidazole rings is 1. The first-order chi connectivity index (χ1) is 16.1. The van der Waals surface area contributed by atoms with Gasteiger partial charge in [-0.2, -0.15) is 0 Å². The van der Waals surface area contributed by atoms with Crippen molar-refractivity contribution in [3.63, 3.8) is 0 Å². The van der Waals surface area contributed by atoms with Gasteiger partial charge >= 0.3 is 5.69 Å². The Morgan fingerprint density at radius 1 is 0.909 bits per heavy atom. The lowest BCUT2D eigenvalue weighted by Gasteiger charge is -2.21. The van der Waals surface area contributed by atoms with Crippen molar-refractivity contribution >= 4 is 11.2 Å². The predicted molar refractivity (Wildman–Crippen MR) is 129 cm³/mol. The zero-order chi connectivity index (χ0) is 23.2. The highest BCUT2D eigenvalue weighted by Gasteiger charge is 2.10. The van der Waals surface area contributed by atoms with Crippen LogP contribution < -0.4 is 16.0 Å². The molecule has 0 aliphatic carbocycles. The van der Waals surface area contributed by atoms with E-state index in [1.807, 2.05) is 24.3 Å². The molecule has 0 aliphatic rings. The molecule has 8 heteroatoms. The van der Waals surface area contributed by atoms with Crippen LogP contribution in [0.3, 0.4) is 0 Å². The molecular weight excluding hydrogens is 418 g/mol. The van der Waals surface area contributed by atoms with E-state index in [0.717, 1.165) is 49.4 Å². The van der Waals surface area contributed by atoms with Crippen LogP contribution in [0, 0.1) is 0 Å². The molecule has 0 fully saturated rings. The van der Waals surface area contributed by atoms with Gasteiger partial charge in [-0.15, -0.1) is 0 Å². The Bertz CT molecular complexity index is 1310. The monoisotopic (exact) mass is 447 g/mol. The molecule has 0 spiro atoms. The van der Waals surface area contributed by atoms with Crippen molar-refractivity contribution in [1.82, 2.24) is 24.8 Å². The number of benzene rings is 2. The summed E-state index contributed by atoms with van der Waals surface area (Å²) in [7, 11) is 0.